The van der Waals surface area contributed by atoms with E-state index < -0.39 is 0 Å². The second-order valence-corrected chi connectivity index (χ2v) is 9.04. The normalized spacial score (nSPS) is 10.6. The van der Waals surface area contributed by atoms with Gasteiger partial charge in [-0.2, -0.15) is 0 Å². The number of aromatic nitrogens is 1. The number of rotatable bonds is 17. The third-order valence-corrected chi connectivity index (χ3v) is 5.84. The van der Waals surface area contributed by atoms with Gasteiger partial charge < -0.3 is 29.2 Å². The second kappa shape index (κ2) is 16.8. The van der Waals surface area contributed by atoms with Gasteiger partial charge in [0.25, 0.3) is 0 Å². The Morgan fingerprint density at radius 3 is 1.98 bits per heavy atom. The van der Waals surface area contributed by atoms with E-state index in [2.05, 4.69) is 5.32 Å². The van der Waals surface area contributed by atoms with Crippen molar-refractivity contribution in [3.05, 3.63) is 83.6 Å². The molecule has 3 aromatic rings. The number of hydrogen-bond acceptors (Lipinski definition) is 9. The van der Waals surface area contributed by atoms with Gasteiger partial charge in [-0.25, -0.2) is 4.98 Å². The van der Waals surface area contributed by atoms with Gasteiger partial charge >= 0.3 is 11.9 Å². The number of anilines is 1. The number of nitrogens with zero attached hydrogens (tertiary/aromatic N) is 2. The summed E-state index contributed by atoms with van der Waals surface area (Å²) in [6, 6.07) is 20.9. The molecule has 9 heteroatoms. The summed E-state index contributed by atoms with van der Waals surface area (Å²) in [4.78, 5) is 30.2. The second-order valence-electron chi connectivity index (χ2n) is 9.04. The summed E-state index contributed by atoms with van der Waals surface area (Å²) in [5, 5.41) is 3.36. The zero-order valence-corrected chi connectivity index (χ0v) is 23.6. The smallest absolute Gasteiger partial charge is 0.310 e. The molecule has 0 bridgehead atoms. The first-order valence-electron chi connectivity index (χ1n) is 13.6. The van der Waals surface area contributed by atoms with E-state index in [0.29, 0.717) is 51.8 Å². The van der Waals surface area contributed by atoms with E-state index in [1.165, 1.54) is 0 Å². The van der Waals surface area contributed by atoms with Crippen LogP contribution in [0.1, 0.15) is 30.7 Å². The molecule has 0 atom stereocenters. The van der Waals surface area contributed by atoms with Gasteiger partial charge in [-0.05, 0) is 61.4 Å². The third-order valence-electron chi connectivity index (χ3n) is 5.84. The molecule has 2 aromatic carbocycles. The van der Waals surface area contributed by atoms with Crippen LogP contribution in [0.25, 0.3) is 0 Å². The predicted octanol–water partition coefficient (Wildman–Crippen LogP) is 3.98. The Balaban J connectivity index is 1.38. The molecule has 1 N–H and O–H groups in total. The van der Waals surface area contributed by atoms with E-state index in [1.807, 2.05) is 78.7 Å². The monoisotopic (exact) mass is 549 g/mol. The number of hydrogen-bond donors (Lipinski definition) is 1. The van der Waals surface area contributed by atoms with E-state index in [-0.39, 0.29) is 24.8 Å². The standard InChI is InChI=1S/C31H39N3O6/c1-4-37-30(35)21-24-9-6-12-27(19-24)39-17-15-32-23-26-11-8-14-29(33-26)34(3)16-18-40-28-13-7-10-25(20-28)22-31(36)38-5-2/h6-14,19-20,32H,4-5,15-18,21-23H2,1-3H3. The SMILES string of the molecule is CCOC(=O)Cc1cccc(OCCNCc2cccc(N(C)CCOc3cccc(CC(=O)OCC)c3)n2)c1. The van der Waals surface area contributed by atoms with Crippen molar-refractivity contribution >= 4 is 17.8 Å². The van der Waals surface area contributed by atoms with Crippen LogP contribution < -0.4 is 19.7 Å². The minimum absolute atomic E-state index is 0.228. The Labute approximate surface area is 236 Å². The van der Waals surface area contributed by atoms with Gasteiger partial charge in [-0.15, -0.1) is 0 Å². The first-order valence-corrected chi connectivity index (χ1v) is 13.6. The van der Waals surface area contributed by atoms with Crippen molar-refractivity contribution in [2.45, 2.75) is 33.2 Å². The summed E-state index contributed by atoms with van der Waals surface area (Å²) in [6.07, 6.45) is 0.461. The Morgan fingerprint density at radius 1 is 0.800 bits per heavy atom. The van der Waals surface area contributed by atoms with E-state index >= 15 is 0 Å². The van der Waals surface area contributed by atoms with Gasteiger partial charge in [-0.3, -0.25) is 9.59 Å². The molecule has 0 aliphatic heterocycles. The lowest BCUT2D eigenvalue weighted by Gasteiger charge is -2.19. The average Bonchev–Trinajstić information content (AvgIpc) is 2.93. The largest absolute Gasteiger partial charge is 0.492 e. The number of nitrogens with one attached hydrogen (secondary N) is 1. The summed E-state index contributed by atoms with van der Waals surface area (Å²) in [6.45, 7) is 7.20. The van der Waals surface area contributed by atoms with E-state index in [1.54, 1.807) is 13.8 Å². The van der Waals surface area contributed by atoms with E-state index in [0.717, 1.165) is 28.4 Å². The van der Waals surface area contributed by atoms with Gasteiger partial charge in [0.2, 0.25) is 0 Å². The van der Waals surface area contributed by atoms with Crippen LogP contribution in [0.5, 0.6) is 11.5 Å². The van der Waals surface area contributed by atoms with Crippen molar-refractivity contribution in [3.8, 4) is 11.5 Å². The first-order chi connectivity index (χ1) is 19.5. The molecule has 0 aliphatic carbocycles. The van der Waals surface area contributed by atoms with Crippen LogP contribution in [0.2, 0.25) is 0 Å². The Hall–Kier alpha value is -4.11. The number of pyridine rings is 1. The molecule has 0 saturated carbocycles. The molecule has 0 spiro atoms. The fourth-order valence-corrected chi connectivity index (χ4v) is 3.90. The van der Waals surface area contributed by atoms with Crippen LogP contribution in [0, 0.1) is 0 Å². The van der Waals surface area contributed by atoms with Crippen molar-refractivity contribution in [2.24, 2.45) is 0 Å². The van der Waals surface area contributed by atoms with Crippen LogP contribution in [0.3, 0.4) is 0 Å². The van der Waals surface area contributed by atoms with Crippen molar-refractivity contribution in [3.63, 3.8) is 0 Å². The first kappa shape index (κ1) is 30.4. The number of carbonyl (C=O) groups excluding carboxylic acids is 2. The number of benzene rings is 2. The highest BCUT2D eigenvalue weighted by atomic mass is 16.5. The summed E-state index contributed by atoms with van der Waals surface area (Å²) in [5.41, 5.74) is 2.65. The summed E-state index contributed by atoms with van der Waals surface area (Å²) < 4.78 is 21.8. The molecule has 0 saturated heterocycles. The molecule has 9 nitrogen and oxygen atoms in total. The molecule has 3 rings (SSSR count). The fraction of sp³-hybridized carbons (Fsp3) is 0.387. The van der Waals surface area contributed by atoms with Crippen molar-refractivity contribution in [2.75, 3.05) is 51.5 Å². The highest BCUT2D eigenvalue weighted by Crippen LogP contribution is 2.16. The molecule has 0 radical (unpaired) electrons. The van der Waals surface area contributed by atoms with E-state index in [9.17, 15) is 9.59 Å². The number of ether oxygens (including phenoxy) is 4. The summed E-state index contributed by atoms with van der Waals surface area (Å²) in [5.74, 6) is 1.80. The summed E-state index contributed by atoms with van der Waals surface area (Å²) in [7, 11) is 1.98. The van der Waals surface area contributed by atoms with Crippen LogP contribution in [-0.4, -0.2) is 63.5 Å². The van der Waals surface area contributed by atoms with E-state index in [4.69, 9.17) is 23.9 Å². The molecule has 214 valence electrons. The third kappa shape index (κ3) is 10.9. The number of carbonyl (C=O) groups is 2. The lowest BCUT2D eigenvalue weighted by molar-refractivity contribution is -0.143. The van der Waals surface area contributed by atoms with Crippen LogP contribution in [-0.2, 0) is 38.4 Å². The van der Waals surface area contributed by atoms with Gasteiger partial charge in [0.15, 0.2) is 0 Å². The van der Waals surface area contributed by atoms with Crippen molar-refractivity contribution < 1.29 is 28.5 Å². The molecule has 0 aliphatic rings. The minimum atomic E-state index is -0.245. The highest BCUT2D eigenvalue weighted by molar-refractivity contribution is 5.73. The maximum atomic E-state index is 11.7. The van der Waals surface area contributed by atoms with Gasteiger partial charge in [-0.1, -0.05) is 30.3 Å². The van der Waals surface area contributed by atoms with Crippen molar-refractivity contribution in [1.29, 1.82) is 0 Å². The van der Waals surface area contributed by atoms with Crippen LogP contribution in [0.15, 0.2) is 66.7 Å². The molecule has 1 aromatic heterocycles. The maximum absolute atomic E-state index is 11.7. The highest BCUT2D eigenvalue weighted by Gasteiger charge is 2.08. The lowest BCUT2D eigenvalue weighted by atomic mass is 10.1. The Bertz CT molecular complexity index is 1220. The maximum Gasteiger partial charge on any atom is 0.310 e. The molecule has 0 amide bonds. The molecule has 0 fully saturated rings. The van der Waals surface area contributed by atoms with Crippen LogP contribution in [0.4, 0.5) is 5.82 Å². The molecule has 40 heavy (non-hydrogen) atoms. The topological polar surface area (TPSA) is 99.2 Å². The van der Waals surface area contributed by atoms with Crippen LogP contribution >= 0.6 is 0 Å². The molecule has 0 unspecified atom stereocenters. The van der Waals surface area contributed by atoms with Gasteiger partial charge in [0, 0.05) is 20.1 Å². The van der Waals surface area contributed by atoms with Crippen molar-refractivity contribution in [1.82, 2.24) is 10.3 Å². The zero-order valence-electron chi connectivity index (χ0n) is 23.6. The van der Waals surface area contributed by atoms with Gasteiger partial charge in [0.1, 0.15) is 30.5 Å². The number of likely N-dealkylation sites (N-methyl/N-ethyl adjacent to an activating group) is 1. The molecular weight excluding hydrogens is 510 g/mol. The fourth-order valence-electron chi connectivity index (χ4n) is 3.90. The minimum Gasteiger partial charge on any atom is -0.492 e. The average molecular weight is 550 g/mol. The zero-order chi connectivity index (χ0) is 28.6. The number of esters is 2. The predicted molar refractivity (Wildman–Crippen MR) is 154 cm³/mol. The quantitative estimate of drug-likeness (QED) is 0.198. The van der Waals surface area contributed by atoms with Gasteiger partial charge in [0.05, 0.1) is 38.3 Å². The molecule has 1 heterocycles. The molecular formula is C31H39N3O6. The summed E-state index contributed by atoms with van der Waals surface area (Å²) >= 11 is 0. The lowest BCUT2D eigenvalue weighted by Crippen LogP contribution is -2.25. The Kier molecular flexibility index (Phi) is 12.8. The Morgan fingerprint density at radius 2 is 1.38 bits per heavy atom.